The van der Waals surface area contributed by atoms with Crippen LogP contribution >= 0.6 is 0 Å². The van der Waals surface area contributed by atoms with Crippen molar-refractivity contribution in [2.75, 3.05) is 10.6 Å². The summed E-state index contributed by atoms with van der Waals surface area (Å²) >= 11 is 0. The molecule has 144 valence electrons. The van der Waals surface area contributed by atoms with Gasteiger partial charge in [0.1, 0.15) is 11.9 Å². The highest BCUT2D eigenvalue weighted by Crippen LogP contribution is 2.22. The molecule has 27 heavy (non-hydrogen) atoms. The van der Waals surface area contributed by atoms with Gasteiger partial charge in [-0.05, 0) is 37.1 Å². The van der Waals surface area contributed by atoms with Crippen LogP contribution in [0.3, 0.4) is 0 Å². The monoisotopic (exact) mass is 378 g/mol. The van der Waals surface area contributed by atoms with Gasteiger partial charge in [-0.25, -0.2) is 18.7 Å². The van der Waals surface area contributed by atoms with E-state index in [1.807, 2.05) is 26.0 Å². The third kappa shape index (κ3) is 5.33. The van der Waals surface area contributed by atoms with E-state index in [-0.39, 0.29) is 17.3 Å². The second-order valence-corrected chi connectivity index (χ2v) is 5.97. The van der Waals surface area contributed by atoms with Gasteiger partial charge in [0, 0.05) is 12.1 Å². The Bertz CT molecular complexity index is 859. The Hall–Kier alpha value is -3.30. The molecule has 1 aromatic heterocycles. The number of amides is 2. The van der Waals surface area contributed by atoms with Gasteiger partial charge in [0.05, 0.1) is 6.20 Å². The van der Waals surface area contributed by atoms with Gasteiger partial charge < -0.3 is 22.1 Å². The van der Waals surface area contributed by atoms with E-state index in [1.54, 1.807) is 6.07 Å². The fourth-order valence-corrected chi connectivity index (χ4v) is 2.28. The third-order valence-electron chi connectivity index (χ3n) is 3.85. The van der Waals surface area contributed by atoms with E-state index >= 15 is 0 Å². The first-order chi connectivity index (χ1) is 12.7. The predicted molar refractivity (Wildman–Crippen MR) is 97.0 cm³/mol. The molecule has 1 atom stereocenters. The molecule has 0 radical (unpaired) electrons. The van der Waals surface area contributed by atoms with Crippen molar-refractivity contribution in [2.24, 2.45) is 11.5 Å². The number of aryl methyl sites for hydroxylation is 2. The number of nitrogens with one attached hydrogen (secondary N) is 2. The van der Waals surface area contributed by atoms with Crippen LogP contribution < -0.4 is 22.1 Å². The summed E-state index contributed by atoms with van der Waals surface area (Å²) in [5.74, 6) is -1.76. The van der Waals surface area contributed by atoms with Crippen molar-refractivity contribution < 1.29 is 18.4 Å². The van der Waals surface area contributed by atoms with Crippen molar-refractivity contribution in [2.45, 2.75) is 32.7 Å². The van der Waals surface area contributed by atoms with Crippen molar-refractivity contribution in [1.29, 1.82) is 0 Å². The van der Waals surface area contributed by atoms with E-state index in [9.17, 15) is 18.4 Å². The Morgan fingerprint density at radius 3 is 2.44 bits per heavy atom. The predicted octanol–water partition coefficient (Wildman–Crippen LogP) is 1.86. The first-order valence-electron chi connectivity index (χ1n) is 8.02. The number of primary amides is 2. The number of rotatable bonds is 8. The van der Waals surface area contributed by atoms with Crippen LogP contribution in [-0.2, 0) is 4.79 Å². The smallest absolute Gasteiger partial charge is 0.271 e. The molecule has 10 heteroatoms. The molecule has 0 aliphatic carbocycles. The molecule has 0 bridgehead atoms. The molecular weight excluding hydrogens is 358 g/mol. The molecule has 0 aliphatic heterocycles. The van der Waals surface area contributed by atoms with Crippen LogP contribution in [0.15, 0.2) is 24.4 Å². The zero-order valence-corrected chi connectivity index (χ0v) is 14.8. The molecule has 8 nitrogen and oxygen atoms in total. The van der Waals surface area contributed by atoms with E-state index in [4.69, 9.17) is 11.5 Å². The molecule has 1 unspecified atom stereocenters. The summed E-state index contributed by atoms with van der Waals surface area (Å²) in [6.45, 7) is 3.87. The molecule has 0 saturated heterocycles. The van der Waals surface area contributed by atoms with E-state index in [1.165, 1.54) is 0 Å². The van der Waals surface area contributed by atoms with Crippen LogP contribution in [0.25, 0.3) is 0 Å². The molecule has 2 aromatic rings. The van der Waals surface area contributed by atoms with Crippen molar-refractivity contribution in [3.63, 3.8) is 0 Å². The summed E-state index contributed by atoms with van der Waals surface area (Å²) in [4.78, 5) is 31.0. The van der Waals surface area contributed by atoms with Crippen LogP contribution in [0.2, 0.25) is 0 Å². The van der Waals surface area contributed by atoms with E-state index in [0.29, 0.717) is 5.69 Å². The number of hydrogen-bond acceptors (Lipinski definition) is 6. The van der Waals surface area contributed by atoms with Gasteiger partial charge in [0.2, 0.25) is 12.3 Å². The highest BCUT2D eigenvalue weighted by Gasteiger charge is 2.22. The molecule has 1 aromatic carbocycles. The third-order valence-corrected chi connectivity index (χ3v) is 3.85. The quantitative estimate of drug-likeness (QED) is 0.553. The zero-order valence-electron chi connectivity index (χ0n) is 14.8. The Kier molecular flexibility index (Phi) is 6.22. The zero-order chi connectivity index (χ0) is 20.1. The second-order valence-electron chi connectivity index (χ2n) is 5.97. The summed E-state index contributed by atoms with van der Waals surface area (Å²) in [7, 11) is 0. The Morgan fingerprint density at radius 2 is 1.89 bits per heavy atom. The Balaban J connectivity index is 2.34. The maximum absolute atomic E-state index is 12.6. The molecule has 0 saturated carbocycles. The summed E-state index contributed by atoms with van der Waals surface area (Å²) in [6, 6.07) is 4.15. The molecular formula is C17H20F2N6O2. The largest absolute Gasteiger partial charge is 0.368 e. The Morgan fingerprint density at radius 1 is 1.19 bits per heavy atom. The highest BCUT2D eigenvalue weighted by molar-refractivity contribution is 5.96. The lowest BCUT2D eigenvalue weighted by molar-refractivity contribution is -0.119. The number of halogens is 2. The van der Waals surface area contributed by atoms with Gasteiger partial charge in [0.15, 0.2) is 11.5 Å². The van der Waals surface area contributed by atoms with Gasteiger partial charge in [-0.15, -0.1) is 0 Å². The second kappa shape index (κ2) is 8.39. The lowest BCUT2D eigenvalue weighted by Crippen LogP contribution is -2.37. The van der Waals surface area contributed by atoms with Crippen LogP contribution in [0.5, 0.6) is 0 Å². The minimum atomic E-state index is -2.74. The number of aromatic nitrogens is 2. The number of alkyl halides is 2. The molecule has 0 spiro atoms. The standard InChI is InChI=1S/C17H20F2N6O2/c1-8-3-4-10(5-9(8)2)23-17-14(16(21)27)22-7-13(25-17)24-11(15(20)26)6-12(18)19/h3-5,7,11-12H,6H2,1-2H3,(H2,20,26)(H2,21,27)(H2,23,24,25). The van der Waals surface area contributed by atoms with Crippen molar-refractivity contribution in [3.8, 4) is 0 Å². The number of nitrogens with two attached hydrogens (primary N) is 2. The topological polar surface area (TPSA) is 136 Å². The molecule has 0 aliphatic rings. The first-order valence-corrected chi connectivity index (χ1v) is 8.02. The van der Waals surface area contributed by atoms with Gasteiger partial charge in [-0.1, -0.05) is 6.07 Å². The molecule has 2 rings (SSSR count). The fourth-order valence-electron chi connectivity index (χ4n) is 2.28. The van der Waals surface area contributed by atoms with Gasteiger partial charge >= 0.3 is 0 Å². The minimum absolute atomic E-state index is 0.00390. The first kappa shape index (κ1) is 20.0. The molecule has 6 N–H and O–H groups in total. The highest BCUT2D eigenvalue weighted by atomic mass is 19.3. The summed E-state index contributed by atoms with van der Waals surface area (Å²) < 4.78 is 25.2. The molecule has 1 heterocycles. The van der Waals surface area contributed by atoms with E-state index in [2.05, 4.69) is 20.6 Å². The fraction of sp³-hybridized carbons (Fsp3) is 0.294. The maximum Gasteiger partial charge on any atom is 0.271 e. The average molecular weight is 378 g/mol. The number of carbonyl (C=O) groups excluding carboxylic acids is 2. The number of anilines is 3. The number of benzene rings is 1. The average Bonchev–Trinajstić information content (AvgIpc) is 2.57. The SMILES string of the molecule is Cc1ccc(Nc2nc(NC(CC(F)F)C(N)=O)cnc2C(N)=O)cc1C. The minimum Gasteiger partial charge on any atom is -0.368 e. The van der Waals surface area contributed by atoms with E-state index in [0.717, 1.165) is 17.3 Å². The Labute approximate surface area is 154 Å². The van der Waals surface area contributed by atoms with Gasteiger partial charge in [0.25, 0.3) is 5.91 Å². The van der Waals surface area contributed by atoms with Crippen LogP contribution in [0, 0.1) is 13.8 Å². The van der Waals surface area contributed by atoms with Crippen molar-refractivity contribution >= 4 is 29.1 Å². The lowest BCUT2D eigenvalue weighted by Gasteiger charge is -2.17. The van der Waals surface area contributed by atoms with E-state index < -0.39 is 30.7 Å². The van der Waals surface area contributed by atoms with Crippen LogP contribution in [0.1, 0.15) is 28.0 Å². The van der Waals surface area contributed by atoms with Gasteiger partial charge in [-0.2, -0.15) is 0 Å². The molecule has 2 amide bonds. The number of nitrogens with zero attached hydrogens (tertiary/aromatic N) is 2. The summed E-state index contributed by atoms with van der Waals surface area (Å²) in [5, 5.41) is 5.43. The maximum atomic E-state index is 12.6. The molecule has 0 fully saturated rings. The summed E-state index contributed by atoms with van der Waals surface area (Å²) in [5.41, 5.74) is 13.0. The number of carbonyl (C=O) groups is 2. The van der Waals surface area contributed by atoms with Crippen LogP contribution in [0.4, 0.5) is 26.1 Å². The van der Waals surface area contributed by atoms with Crippen LogP contribution in [-0.4, -0.2) is 34.2 Å². The number of hydrogen-bond donors (Lipinski definition) is 4. The van der Waals surface area contributed by atoms with Crippen molar-refractivity contribution in [3.05, 3.63) is 41.2 Å². The van der Waals surface area contributed by atoms with Gasteiger partial charge in [-0.3, -0.25) is 9.59 Å². The normalized spacial score (nSPS) is 11.9. The van der Waals surface area contributed by atoms with Crippen molar-refractivity contribution in [1.82, 2.24) is 9.97 Å². The summed E-state index contributed by atoms with van der Waals surface area (Å²) in [6.07, 6.45) is -2.40. The lowest BCUT2D eigenvalue weighted by atomic mass is 10.1.